The number of nitrogens with one attached hydrogen (secondary N) is 1. The average Bonchev–Trinajstić information content (AvgIpc) is 2.77. The van der Waals surface area contributed by atoms with E-state index >= 15 is 0 Å². The zero-order valence-corrected chi connectivity index (χ0v) is 15.8. The maximum absolute atomic E-state index is 11.5. The van der Waals surface area contributed by atoms with Gasteiger partial charge in [-0.05, 0) is 35.7 Å². The molecule has 28 heavy (non-hydrogen) atoms. The van der Waals surface area contributed by atoms with Crippen molar-refractivity contribution < 1.29 is 9.53 Å². The van der Waals surface area contributed by atoms with Gasteiger partial charge in [0.1, 0.15) is 11.6 Å². The molecular formula is C22H22N4O2. The van der Waals surface area contributed by atoms with Gasteiger partial charge >= 0.3 is 5.97 Å². The van der Waals surface area contributed by atoms with Crippen LogP contribution < -0.4 is 10.2 Å². The Bertz CT molecular complexity index is 972. The van der Waals surface area contributed by atoms with Crippen LogP contribution in [-0.2, 0) is 24.2 Å². The van der Waals surface area contributed by atoms with E-state index in [4.69, 9.17) is 4.74 Å². The summed E-state index contributed by atoms with van der Waals surface area (Å²) in [6.45, 7) is 2.42. The molecule has 4 rings (SSSR count). The monoisotopic (exact) mass is 374 g/mol. The Labute approximate surface area is 164 Å². The van der Waals surface area contributed by atoms with Gasteiger partial charge in [-0.3, -0.25) is 0 Å². The zero-order valence-electron chi connectivity index (χ0n) is 15.8. The fourth-order valence-corrected chi connectivity index (χ4v) is 3.45. The van der Waals surface area contributed by atoms with Crippen LogP contribution in [-0.4, -0.2) is 29.6 Å². The number of hydrogen-bond acceptors (Lipinski definition) is 6. The smallest absolute Gasteiger partial charge is 0.339 e. The highest BCUT2D eigenvalue weighted by Crippen LogP contribution is 2.26. The molecule has 1 aliphatic heterocycles. The molecule has 3 aromatic rings. The number of benzene rings is 1. The Morgan fingerprint density at radius 1 is 1.11 bits per heavy atom. The minimum Gasteiger partial charge on any atom is -0.465 e. The van der Waals surface area contributed by atoms with Crippen LogP contribution in [0, 0.1) is 0 Å². The molecule has 0 bridgehead atoms. The highest BCUT2D eigenvalue weighted by atomic mass is 16.5. The van der Waals surface area contributed by atoms with Gasteiger partial charge in [0.05, 0.1) is 12.7 Å². The third-order valence-electron chi connectivity index (χ3n) is 4.94. The first-order valence-corrected chi connectivity index (χ1v) is 9.28. The Morgan fingerprint density at radius 2 is 1.96 bits per heavy atom. The van der Waals surface area contributed by atoms with Gasteiger partial charge in [-0.15, -0.1) is 0 Å². The van der Waals surface area contributed by atoms with Crippen molar-refractivity contribution in [3.63, 3.8) is 0 Å². The molecule has 0 amide bonds. The number of methoxy groups -OCH3 is 1. The van der Waals surface area contributed by atoms with Gasteiger partial charge in [0.25, 0.3) is 0 Å². The summed E-state index contributed by atoms with van der Waals surface area (Å²) >= 11 is 0. The lowest BCUT2D eigenvalue weighted by atomic mass is 9.99. The van der Waals surface area contributed by atoms with Gasteiger partial charge in [0.2, 0.25) is 0 Å². The largest absolute Gasteiger partial charge is 0.465 e. The van der Waals surface area contributed by atoms with Gasteiger partial charge in [-0.2, -0.15) is 0 Å². The predicted molar refractivity (Wildman–Crippen MR) is 108 cm³/mol. The highest BCUT2D eigenvalue weighted by molar-refractivity contribution is 5.89. The summed E-state index contributed by atoms with van der Waals surface area (Å²) in [5.74, 6) is 1.31. The van der Waals surface area contributed by atoms with E-state index in [0.29, 0.717) is 17.9 Å². The summed E-state index contributed by atoms with van der Waals surface area (Å²) in [7, 11) is 1.36. The van der Waals surface area contributed by atoms with Gasteiger partial charge in [-0.1, -0.05) is 30.3 Å². The molecule has 3 heterocycles. The summed E-state index contributed by atoms with van der Waals surface area (Å²) in [6.07, 6.45) is 4.37. The Hall–Kier alpha value is -3.41. The fraction of sp³-hybridized carbons (Fsp3) is 0.227. The molecule has 1 aromatic carbocycles. The van der Waals surface area contributed by atoms with Crippen molar-refractivity contribution >= 4 is 17.6 Å². The van der Waals surface area contributed by atoms with Crippen LogP contribution in [0.2, 0.25) is 0 Å². The van der Waals surface area contributed by atoms with Crippen LogP contribution in [0.3, 0.4) is 0 Å². The summed E-state index contributed by atoms with van der Waals surface area (Å²) in [5, 5.41) is 3.31. The van der Waals surface area contributed by atoms with E-state index < -0.39 is 0 Å². The van der Waals surface area contributed by atoms with E-state index in [-0.39, 0.29) is 5.97 Å². The van der Waals surface area contributed by atoms with Crippen molar-refractivity contribution in [2.45, 2.75) is 19.5 Å². The maximum atomic E-state index is 11.5. The number of rotatable bonds is 5. The topological polar surface area (TPSA) is 67.3 Å². The molecule has 1 aliphatic rings. The molecule has 0 spiro atoms. The molecule has 142 valence electrons. The molecular weight excluding hydrogens is 352 g/mol. The molecule has 0 unspecified atom stereocenters. The standard InChI is InChI=1S/C22H22N4O2/c1-28-22(27)18-8-9-20(25-14-18)24-13-17-7-4-11-23-21(17)26-12-10-16-5-2-3-6-19(16)15-26/h2-9,11,14H,10,12-13,15H2,1H3,(H,24,25). The van der Waals surface area contributed by atoms with Crippen LogP contribution in [0.5, 0.6) is 0 Å². The van der Waals surface area contributed by atoms with Crippen molar-refractivity contribution in [1.29, 1.82) is 0 Å². The van der Waals surface area contributed by atoms with Gasteiger partial charge < -0.3 is 15.0 Å². The van der Waals surface area contributed by atoms with E-state index in [1.165, 1.54) is 24.4 Å². The number of ether oxygens (including phenoxy) is 1. The average molecular weight is 374 g/mol. The molecule has 1 N–H and O–H groups in total. The lowest BCUT2D eigenvalue weighted by Gasteiger charge is -2.31. The van der Waals surface area contributed by atoms with Crippen molar-refractivity contribution in [1.82, 2.24) is 9.97 Å². The second-order valence-corrected chi connectivity index (χ2v) is 6.70. The Kier molecular flexibility index (Phi) is 5.19. The van der Waals surface area contributed by atoms with Gasteiger partial charge in [-0.25, -0.2) is 14.8 Å². The molecule has 6 nitrogen and oxygen atoms in total. The Morgan fingerprint density at radius 3 is 2.75 bits per heavy atom. The lowest BCUT2D eigenvalue weighted by molar-refractivity contribution is 0.0600. The minimum absolute atomic E-state index is 0.390. The van der Waals surface area contributed by atoms with E-state index in [0.717, 1.165) is 30.9 Å². The normalized spacial score (nSPS) is 13.0. The maximum Gasteiger partial charge on any atom is 0.339 e. The molecule has 0 saturated heterocycles. The van der Waals surface area contributed by atoms with Crippen LogP contribution in [0.25, 0.3) is 0 Å². The summed E-state index contributed by atoms with van der Waals surface area (Å²) < 4.78 is 4.70. The van der Waals surface area contributed by atoms with Gasteiger partial charge in [0.15, 0.2) is 0 Å². The number of nitrogens with zero attached hydrogens (tertiary/aromatic N) is 3. The van der Waals surface area contributed by atoms with E-state index in [9.17, 15) is 4.79 Å². The molecule has 0 atom stereocenters. The number of aromatic nitrogens is 2. The number of carbonyl (C=O) groups excluding carboxylic acids is 1. The molecule has 2 aromatic heterocycles. The summed E-state index contributed by atoms with van der Waals surface area (Å²) in [6, 6.07) is 16.1. The first kappa shape index (κ1) is 18.0. The van der Waals surface area contributed by atoms with Crippen LogP contribution in [0.15, 0.2) is 60.9 Å². The van der Waals surface area contributed by atoms with E-state index in [2.05, 4.69) is 50.5 Å². The quantitative estimate of drug-likeness (QED) is 0.690. The van der Waals surface area contributed by atoms with Crippen LogP contribution in [0.1, 0.15) is 27.0 Å². The molecule has 0 saturated carbocycles. The first-order valence-electron chi connectivity index (χ1n) is 9.28. The van der Waals surface area contributed by atoms with Crippen molar-refractivity contribution in [2.75, 3.05) is 23.9 Å². The number of hydrogen-bond donors (Lipinski definition) is 1. The molecule has 0 fully saturated rings. The van der Waals surface area contributed by atoms with E-state index in [1.807, 2.05) is 12.3 Å². The number of anilines is 2. The highest BCUT2D eigenvalue weighted by Gasteiger charge is 2.19. The van der Waals surface area contributed by atoms with Gasteiger partial charge in [0, 0.05) is 37.6 Å². The Balaban J connectivity index is 1.47. The second kappa shape index (κ2) is 8.08. The third-order valence-corrected chi connectivity index (χ3v) is 4.94. The second-order valence-electron chi connectivity index (χ2n) is 6.70. The predicted octanol–water partition coefficient (Wildman–Crippen LogP) is 3.44. The van der Waals surface area contributed by atoms with Crippen molar-refractivity contribution in [2.24, 2.45) is 0 Å². The van der Waals surface area contributed by atoms with Crippen LogP contribution in [0.4, 0.5) is 11.6 Å². The third kappa shape index (κ3) is 3.81. The van der Waals surface area contributed by atoms with Crippen molar-refractivity contribution in [3.05, 3.63) is 83.2 Å². The number of esters is 1. The number of carbonyl (C=O) groups is 1. The molecule has 0 aliphatic carbocycles. The lowest BCUT2D eigenvalue weighted by Crippen LogP contribution is -2.32. The zero-order chi connectivity index (χ0) is 19.3. The first-order chi connectivity index (χ1) is 13.7. The molecule has 6 heteroatoms. The minimum atomic E-state index is -0.390. The summed E-state index contributed by atoms with van der Waals surface area (Å²) in [5.41, 5.74) is 4.32. The van der Waals surface area contributed by atoms with Crippen molar-refractivity contribution in [3.8, 4) is 0 Å². The molecule has 0 radical (unpaired) electrons. The van der Waals surface area contributed by atoms with E-state index in [1.54, 1.807) is 12.1 Å². The number of fused-ring (bicyclic) bond motifs is 1. The SMILES string of the molecule is COC(=O)c1ccc(NCc2cccnc2N2CCc3ccccc3C2)nc1. The fourth-order valence-electron chi connectivity index (χ4n) is 3.45. The summed E-state index contributed by atoms with van der Waals surface area (Å²) in [4.78, 5) is 22.8. The number of pyridine rings is 2. The van der Waals surface area contributed by atoms with Crippen LogP contribution >= 0.6 is 0 Å².